The third-order valence-electron chi connectivity index (χ3n) is 5.73. The fourth-order valence-corrected chi connectivity index (χ4v) is 4.04. The second-order valence-corrected chi connectivity index (χ2v) is 7.72. The van der Waals surface area contributed by atoms with E-state index in [0.717, 1.165) is 22.2 Å². The van der Waals surface area contributed by atoms with Crippen molar-refractivity contribution < 1.29 is 23.7 Å². The van der Waals surface area contributed by atoms with Crippen LogP contribution in [0.25, 0.3) is 10.9 Å². The van der Waals surface area contributed by atoms with Crippen molar-refractivity contribution in [1.82, 2.24) is 14.3 Å². The normalized spacial score (nSPS) is 10.9. The number of benzene rings is 2. The molecule has 0 aliphatic carbocycles. The van der Waals surface area contributed by atoms with Crippen molar-refractivity contribution >= 4 is 22.5 Å². The lowest BCUT2D eigenvalue weighted by Crippen LogP contribution is -2.33. The van der Waals surface area contributed by atoms with Gasteiger partial charge in [0.1, 0.15) is 12.3 Å². The molecule has 2 aromatic heterocycles. The van der Waals surface area contributed by atoms with Gasteiger partial charge in [0.25, 0.3) is 0 Å². The van der Waals surface area contributed by atoms with Gasteiger partial charge in [-0.3, -0.25) is 9.48 Å². The second-order valence-electron chi connectivity index (χ2n) is 7.72. The molecule has 0 atom stereocenters. The number of amides is 1. The highest BCUT2D eigenvalue weighted by Gasteiger charge is 2.23. The summed E-state index contributed by atoms with van der Waals surface area (Å²) in [5.74, 6) is 2.00. The van der Waals surface area contributed by atoms with Crippen LogP contribution >= 0.6 is 0 Å². The lowest BCUT2D eigenvalue weighted by Gasteiger charge is -2.25. The first kappa shape index (κ1) is 23.0. The van der Waals surface area contributed by atoms with Crippen molar-refractivity contribution in [2.24, 2.45) is 7.05 Å². The van der Waals surface area contributed by atoms with Gasteiger partial charge in [0.15, 0.2) is 11.5 Å². The van der Waals surface area contributed by atoms with E-state index in [4.69, 9.17) is 18.9 Å². The molecule has 0 bridgehead atoms. The molecule has 4 aromatic rings. The van der Waals surface area contributed by atoms with Gasteiger partial charge in [0, 0.05) is 48.7 Å². The first-order valence-electron chi connectivity index (χ1n) is 10.7. The molecule has 9 nitrogen and oxygen atoms in total. The Morgan fingerprint density at radius 3 is 2.32 bits per heavy atom. The molecule has 0 saturated heterocycles. The van der Waals surface area contributed by atoms with E-state index in [1.165, 1.54) is 0 Å². The topological polar surface area (TPSA) is 80.0 Å². The van der Waals surface area contributed by atoms with Crippen LogP contribution in [0.5, 0.6) is 23.0 Å². The Hall–Kier alpha value is -4.14. The Labute approximate surface area is 198 Å². The molecule has 0 spiro atoms. The van der Waals surface area contributed by atoms with Crippen LogP contribution in [-0.2, 0) is 24.9 Å². The van der Waals surface area contributed by atoms with Crippen molar-refractivity contribution in [3.8, 4) is 23.0 Å². The van der Waals surface area contributed by atoms with E-state index in [1.807, 2.05) is 36.0 Å². The van der Waals surface area contributed by atoms with Gasteiger partial charge in [-0.25, -0.2) is 0 Å². The lowest BCUT2D eigenvalue weighted by atomic mass is 10.1. The standard InChI is InChI=1S/C25H28N4O5/c1-27-14-17(20-13-19(31-2)7-8-21(20)27)15-29(24(30)16-28-10-6-9-26-28)18-11-22(32-3)25(34-5)23(12-18)33-4/h6-14H,15-16H2,1-5H3. The number of rotatable bonds is 9. The summed E-state index contributed by atoms with van der Waals surface area (Å²) in [6.07, 6.45) is 5.43. The van der Waals surface area contributed by atoms with Crippen LogP contribution in [0.15, 0.2) is 55.0 Å². The van der Waals surface area contributed by atoms with Crippen molar-refractivity contribution in [3.63, 3.8) is 0 Å². The van der Waals surface area contributed by atoms with E-state index < -0.39 is 0 Å². The number of aryl methyl sites for hydroxylation is 1. The van der Waals surface area contributed by atoms with Crippen LogP contribution < -0.4 is 23.8 Å². The SMILES string of the molecule is COc1ccc2c(c1)c(CN(C(=O)Cn1cccn1)c1cc(OC)c(OC)c(OC)c1)cn2C. The Morgan fingerprint density at radius 2 is 1.74 bits per heavy atom. The van der Waals surface area contributed by atoms with Gasteiger partial charge >= 0.3 is 0 Å². The van der Waals surface area contributed by atoms with Crippen LogP contribution in [0, 0.1) is 0 Å². The van der Waals surface area contributed by atoms with Crippen LogP contribution in [0.2, 0.25) is 0 Å². The van der Waals surface area contributed by atoms with Gasteiger partial charge in [-0.2, -0.15) is 5.10 Å². The zero-order valence-electron chi connectivity index (χ0n) is 19.9. The monoisotopic (exact) mass is 464 g/mol. The number of hydrogen-bond donors (Lipinski definition) is 0. The number of anilines is 1. The highest BCUT2D eigenvalue weighted by atomic mass is 16.5. The number of nitrogens with zero attached hydrogens (tertiary/aromatic N) is 4. The van der Waals surface area contributed by atoms with Gasteiger partial charge < -0.3 is 28.4 Å². The van der Waals surface area contributed by atoms with E-state index in [-0.39, 0.29) is 12.5 Å². The first-order valence-corrected chi connectivity index (χ1v) is 10.7. The molecule has 0 radical (unpaired) electrons. The summed E-state index contributed by atoms with van der Waals surface area (Å²) in [6, 6.07) is 11.2. The van der Waals surface area contributed by atoms with Crippen LogP contribution in [-0.4, -0.2) is 48.7 Å². The molecule has 1 amide bonds. The minimum atomic E-state index is -0.141. The smallest absolute Gasteiger partial charge is 0.249 e. The summed E-state index contributed by atoms with van der Waals surface area (Å²) in [5, 5.41) is 5.20. The summed E-state index contributed by atoms with van der Waals surface area (Å²) in [5.41, 5.74) is 2.63. The van der Waals surface area contributed by atoms with Crippen LogP contribution in [0.3, 0.4) is 0 Å². The van der Waals surface area contributed by atoms with Crippen LogP contribution in [0.1, 0.15) is 5.56 Å². The lowest BCUT2D eigenvalue weighted by molar-refractivity contribution is -0.119. The zero-order chi connectivity index (χ0) is 24.2. The van der Waals surface area contributed by atoms with E-state index >= 15 is 0 Å². The minimum absolute atomic E-state index is 0.0811. The van der Waals surface area contributed by atoms with E-state index in [1.54, 1.807) is 68.6 Å². The van der Waals surface area contributed by atoms with Gasteiger partial charge in [-0.1, -0.05) is 0 Å². The van der Waals surface area contributed by atoms with Gasteiger partial charge in [-0.15, -0.1) is 0 Å². The Balaban J connectivity index is 1.81. The molecule has 0 fully saturated rings. The maximum absolute atomic E-state index is 13.6. The number of carbonyl (C=O) groups is 1. The van der Waals surface area contributed by atoms with Crippen LogP contribution in [0.4, 0.5) is 5.69 Å². The van der Waals surface area contributed by atoms with Gasteiger partial charge in [0.05, 0.1) is 40.7 Å². The molecule has 0 aliphatic heterocycles. The van der Waals surface area contributed by atoms with Crippen molar-refractivity contribution in [3.05, 3.63) is 60.6 Å². The largest absolute Gasteiger partial charge is 0.497 e. The van der Waals surface area contributed by atoms with Crippen molar-refractivity contribution in [2.75, 3.05) is 33.3 Å². The molecule has 0 saturated carbocycles. The summed E-state index contributed by atoms with van der Waals surface area (Å²) < 4.78 is 25.6. The minimum Gasteiger partial charge on any atom is -0.497 e. The maximum atomic E-state index is 13.6. The summed E-state index contributed by atoms with van der Waals surface area (Å²) in [4.78, 5) is 15.3. The zero-order valence-corrected chi connectivity index (χ0v) is 19.9. The molecule has 178 valence electrons. The maximum Gasteiger partial charge on any atom is 0.249 e. The Morgan fingerprint density at radius 1 is 1.00 bits per heavy atom. The second kappa shape index (κ2) is 9.78. The number of hydrogen-bond acceptors (Lipinski definition) is 6. The molecular formula is C25H28N4O5. The summed E-state index contributed by atoms with van der Waals surface area (Å²) in [6.45, 7) is 0.404. The fraction of sp³-hybridized carbons (Fsp3) is 0.280. The third kappa shape index (κ3) is 4.36. The number of aromatic nitrogens is 3. The molecule has 4 rings (SSSR count). The quantitative estimate of drug-likeness (QED) is 0.376. The molecular weight excluding hydrogens is 436 g/mol. The number of carbonyl (C=O) groups excluding carboxylic acids is 1. The molecule has 2 heterocycles. The third-order valence-corrected chi connectivity index (χ3v) is 5.73. The highest BCUT2D eigenvalue weighted by Crippen LogP contribution is 2.41. The number of ether oxygens (including phenoxy) is 4. The first-order chi connectivity index (χ1) is 16.5. The number of fused-ring (bicyclic) bond motifs is 1. The highest BCUT2D eigenvalue weighted by molar-refractivity contribution is 5.95. The van der Waals surface area contributed by atoms with E-state index in [9.17, 15) is 4.79 Å². The van der Waals surface area contributed by atoms with Gasteiger partial charge in [-0.05, 0) is 29.8 Å². The Kier molecular flexibility index (Phi) is 6.62. The van der Waals surface area contributed by atoms with E-state index in [0.29, 0.717) is 29.5 Å². The molecule has 9 heteroatoms. The molecule has 0 unspecified atom stereocenters. The number of methoxy groups -OCH3 is 4. The summed E-state index contributed by atoms with van der Waals surface area (Å²) in [7, 11) is 8.26. The van der Waals surface area contributed by atoms with Gasteiger partial charge in [0.2, 0.25) is 11.7 Å². The average molecular weight is 465 g/mol. The van der Waals surface area contributed by atoms with Crippen molar-refractivity contribution in [1.29, 1.82) is 0 Å². The summed E-state index contributed by atoms with van der Waals surface area (Å²) >= 11 is 0. The van der Waals surface area contributed by atoms with E-state index in [2.05, 4.69) is 5.10 Å². The fourth-order valence-electron chi connectivity index (χ4n) is 4.04. The average Bonchev–Trinajstić information content (AvgIpc) is 3.48. The molecule has 0 N–H and O–H groups in total. The van der Waals surface area contributed by atoms with Crippen molar-refractivity contribution in [2.45, 2.75) is 13.1 Å². The molecule has 0 aliphatic rings. The Bertz CT molecular complexity index is 1270. The predicted octanol–water partition coefficient (Wildman–Crippen LogP) is 3.64. The molecule has 2 aromatic carbocycles. The molecule has 34 heavy (non-hydrogen) atoms. The predicted molar refractivity (Wildman–Crippen MR) is 129 cm³/mol.